The summed E-state index contributed by atoms with van der Waals surface area (Å²) in [5.74, 6) is 2.13. The van der Waals surface area contributed by atoms with E-state index in [2.05, 4.69) is 65.8 Å². The molecule has 4 saturated carbocycles. The molecule has 8 rings (SSSR count). The molecule has 0 radical (unpaired) electrons. The normalized spacial score (nSPS) is 29.9. The number of aromatic nitrogens is 1. The highest BCUT2D eigenvalue weighted by molar-refractivity contribution is 5.87. The average molecular weight is 554 g/mol. The first-order chi connectivity index (χ1) is 19.9. The molecule has 2 heterocycles. The van der Waals surface area contributed by atoms with E-state index in [1.165, 1.54) is 62.1 Å². The zero-order valence-electron chi connectivity index (χ0n) is 24.5. The summed E-state index contributed by atoms with van der Waals surface area (Å²) < 4.78 is 5.24. The van der Waals surface area contributed by atoms with Crippen LogP contribution in [0.2, 0.25) is 0 Å². The van der Waals surface area contributed by atoms with Crippen LogP contribution in [-0.2, 0) is 20.7 Å². The number of carbonyl (C=O) groups is 2. The lowest BCUT2D eigenvalue weighted by molar-refractivity contribution is -0.152. The maximum atomic E-state index is 13.8. The molecule has 0 spiro atoms. The van der Waals surface area contributed by atoms with Crippen molar-refractivity contribution < 1.29 is 14.3 Å². The van der Waals surface area contributed by atoms with Crippen LogP contribution in [0.15, 0.2) is 48.5 Å². The van der Waals surface area contributed by atoms with E-state index < -0.39 is 5.97 Å². The van der Waals surface area contributed by atoms with E-state index in [-0.39, 0.29) is 30.1 Å². The Hall–Kier alpha value is -3.28. The van der Waals surface area contributed by atoms with Crippen molar-refractivity contribution in [1.29, 1.82) is 0 Å². The van der Waals surface area contributed by atoms with Gasteiger partial charge in [-0.05, 0) is 98.4 Å². The monoisotopic (exact) mass is 553 g/mol. The number of anilines is 1. The molecule has 4 fully saturated rings. The molecule has 2 N–H and O–H groups in total. The second-order valence-corrected chi connectivity index (χ2v) is 13.5. The van der Waals surface area contributed by atoms with Crippen LogP contribution in [0.1, 0.15) is 94.5 Å². The molecule has 6 heteroatoms. The number of esters is 1. The van der Waals surface area contributed by atoms with Crippen molar-refractivity contribution in [3.05, 3.63) is 65.4 Å². The SMILES string of the molecule is CCCCC1Cc2c([nH]c3ccccc23)C(c2ccc(NC34CC5CC(CC(C5)C3)C4)cc2)N1C(=O)COC(C)=O. The smallest absolute Gasteiger partial charge is 0.303 e. The minimum absolute atomic E-state index is 0.0412. The van der Waals surface area contributed by atoms with Gasteiger partial charge in [0.2, 0.25) is 0 Å². The third kappa shape index (κ3) is 4.93. The Morgan fingerprint density at radius 1 is 1.00 bits per heavy atom. The number of H-pyrrole nitrogens is 1. The second kappa shape index (κ2) is 10.5. The summed E-state index contributed by atoms with van der Waals surface area (Å²) in [6, 6.07) is 17.1. The number of para-hydroxylation sites is 1. The molecule has 6 nitrogen and oxygen atoms in total. The van der Waals surface area contributed by atoms with E-state index >= 15 is 0 Å². The number of hydrogen-bond acceptors (Lipinski definition) is 4. The van der Waals surface area contributed by atoms with E-state index in [0.717, 1.165) is 60.2 Å². The van der Waals surface area contributed by atoms with Gasteiger partial charge in [0.15, 0.2) is 6.61 Å². The van der Waals surface area contributed by atoms with Crippen LogP contribution in [0.5, 0.6) is 0 Å². The third-order valence-electron chi connectivity index (χ3n) is 10.5. The summed E-state index contributed by atoms with van der Waals surface area (Å²) in [6.07, 6.45) is 12.0. The topological polar surface area (TPSA) is 74.4 Å². The minimum Gasteiger partial charge on any atom is -0.456 e. The number of carbonyl (C=O) groups excluding carboxylic acids is 2. The Morgan fingerprint density at radius 3 is 2.34 bits per heavy atom. The quantitative estimate of drug-likeness (QED) is 0.291. The van der Waals surface area contributed by atoms with Gasteiger partial charge in [-0.3, -0.25) is 9.59 Å². The molecule has 4 aliphatic carbocycles. The van der Waals surface area contributed by atoms with E-state index in [4.69, 9.17) is 4.74 Å². The highest BCUT2D eigenvalue weighted by Gasteiger charge is 2.51. The summed E-state index contributed by atoms with van der Waals surface area (Å²) in [5.41, 5.74) is 6.01. The lowest BCUT2D eigenvalue weighted by atomic mass is 9.53. The van der Waals surface area contributed by atoms with Crippen molar-refractivity contribution in [3.63, 3.8) is 0 Å². The van der Waals surface area contributed by atoms with E-state index in [0.29, 0.717) is 0 Å². The van der Waals surface area contributed by atoms with Crippen molar-refractivity contribution in [3.8, 4) is 0 Å². The van der Waals surface area contributed by atoms with Gasteiger partial charge in [0.05, 0.1) is 6.04 Å². The van der Waals surface area contributed by atoms with Gasteiger partial charge in [0, 0.05) is 40.8 Å². The van der Waals surface area contributed by atoms with E-state index in [1.807, 2.05) is 4.90 Å². The molecule has 41 heavy (non-hydrogen) atoms. The largest absolute Gasteiger partial charge is 0.456 e. The molecule has 5 aliphatic rings. The van der Waals surface area contributed by atoms with Crippen LogP contribution in [0, 0.1) is 17.8 Å². The van der Waals surface area contributed by atoms with Crippen molar-refractivity contribution in [2.45, 2.75) is 95.7 Å². The van der Waals surface area contributed by atoms with Crippen LogP contribution in [-0.4, -0.2) is 39.9 Å². The number of ether oxygens (including phenoxy) is 1. The molecule has 1 amide bonds. The van der Waals surface area contributed by atoms with Gasteiger partial charge in [-0.25, -0.2) is 0 Å². The van der Waals surface area contributed by atoms with Gasteiger partial charge in [-0.1, -0.05) is 50.1 Å². The Bertz CT molecular complexity index is 1410. The number of nitrogens with zero attached hydrogens (tertiary/aromatic N) is 1. The molecule has 2 unspecified atom stereocenters. The minimum atomic E-state index is -0.427. The molecule has 2 atom stereocenters. The van der Waals surface area contributed by atoms with Gasteiger partial charge < -0.3 is 19.9 Å². The van der Waals surface area contributed by atoms with Crippen molar-refractivity contribution in [1.82, 2.24) is 9.88 Å². The maximum Gasteiger partial charge on any atom is 0.303 e. The van der Waals surface area contributed by atoms with Gasteiger partial charge in [-0.15, -0.1) is 0 Å². The summed E-state index contributed by atoms with van der Waals surface area (Å²) in [4.78, 5) is 31.1. The molecule has 3 aromatic rings. The number of amides is 1. The first kappa shape index (κ1) is 26.6. The Kier molecular flexibility index (Phi) is 6.83. The lowest BCUT2D eigenvalue weighted by Crippen LogP contribution is -2.54. The number of rotatable bonds is 8. The highest BCUT2D eigenvalue weighted by Crippen LogP contribution is 2.56. The molecule has 1 aromatic heterocycles. The molecular formula is C35H43N3O3. The fraction of sp³-hybridized carbons (Fsp3) is 0.543. The first-order valence-corrected chi connectivity index (χ1v) is 15.8. The molecule has 4 bridgehead atoms. The number of unbranched alkanes of at least 4 members (excludes halogenated alkanes) is 1. The summed E-state index contributed by atoms with van der Waals surface area (Å²) in [6.45, 7) is 3.33. The maximum absolute atomic E-state index is 13.8. The molecule has 2 aromatic carbocycles. The van der Waals surface area contributed by atoms with E-state index in [1.54, 1.807) is 0 Å². The summed E-state index contributed by atoms with van der Waals surface area (Å²) >= 11 is 0. The highest BCUT2D eigenvalue weighted by atomic mass is 16.5. The Balaban J connectivity index is 1.24. The van der Waals surface area contributed by atoms with Crippen molar-refractivity contribution >= 4 is 28.5 Å². The van der Waals surface area contributed by atoms with Crippen molar-refractivity contribution in [2.24, 2.45) is 17.8 Å². The van der Waals surface area contributed by atoms with E-state index in [9.17, 15) is 9.59 Å². The van der Waals surface area contributed by atoms with Gasteiger partial charge in [0.25, 0.3) is 5.91 Å². The Morgan fingerprint density at radius 2 is 1.68 bits per heavy atom. The van der Waals surface area contributed by atoms with Crippen LogP contribution >= 0.6 is 0 Å². The zero-order valence-corrected chi connectivity index (χ0v) is 24.5. The predicted octanol–water partition coefficient (Wildman–Crippen LogP) is 7.14. The fourth-order valence-corrected chi connectivity index (χ4v) is 9.27. The molecule has 1 aliphatic heterocycles. The second-order valence-electron chi connectivity index (χ2n) is 13.5. The van der Waals surface area contributed by atoms with Gasteiger partial charge in [0.1, 0.15) is 0 Å². The number of hydrogen-bond donors (Lipinski definition) is 2. The van der Waals surface area contributed by atoms with Gasteiger partial charge in [-0.2, -0.15) is 0 Å². The average Bonchev–Trinajstić information content (AvgIpc) is 3.32. The third-order valence-corrected chi connectivity index (χ3v) is 10.5. The van der Waals surface area contributed by atoms with Crippen LogP contribution < -0.4 is 5.32 Å². The Labute approximate surface area is 243 Å². The zero-order chi connectivity index (χ0) is 28.1. The summed E-state index contributed by atoms with van der Waals surface area (Å²) in [7, 11) is 0. The van der Waals surface area contributed by atoms with Crippen LogP contribution in [0.4, 0.5) is 5.69 Å². The number of fused-ring (bicyclic) bond motifs is 3. The number of benzene rings is 2. The summed E-state index contributed by atoms with van der Waals surface area (Å²) in [5, 5.41) is 5.25. The standard InChI is InChI=1S/C35H43N3O3/c1-3-4-7-28-17-30-29-8-5-6-9-31(29)36-33(30)34(38(28)32(40)21-41-22(2)39)26-10-12-27(13-11-26)37-35-18-23-14-24(19-35)16-25(15-23)20-35/h5-6,8-13,23-25,28,34,36-37H,3-4,7,14-21H2,1-2H3. The van der Waals surface area contributed by atoms with Crippen LogP contribution in [0.25, 0.3) is 10.9 Å². The molecular weight excluding hydrogens is 510 g/mol. The first-order valence-electron chi connectivity index (χ1n) is 15.8. The fourth-order valence-electron chi connectivity index (χ4n) is 9.27. The number of aromatic amines is 1. The number of nitrogens with one attached hydrogen (secondary N) is 2. The van der Waals surface area contributed by atoms with Crippen molar-refractivity contribution in [2.75, 3.05) is 11.9 Å². The predicted molar refractivity (Wildman–Crippen MR) is 162 cm³/mol. The van der Waals surface area contributed by atoms with Gasteiger partial charge >= 0.3 is 5.97 Å². The lowest BCUT2D eigenvalue weighted by Gasteiger charge is -2.57. The molecule has 216 valence electrons. The van der Waals surface area contributed by atoms with Crippen LogP contribution in [0.3, 0.4) is 0 Å². The molecule has 0 saturated heterocycles.